The predicted octanol–water partition coefficient (Wildman–Crippen LogP) is 3.42. The summed E-state index contributed by atoms with van der Waals surface area (Å²) in [4.78, 5) is 12.2. The first-order valence-electron chi connectivity index (χ1n) is 7.27. The number of hydrogen-bond acceptors (Lipinski definition) is 3. The van der Waals surface area contributed by atoms with Crippen molar-refractivity contribution in [3.8, 4) is 0 Å². The molecule has 3 rings (SSSR count). The van der Waals surface area contributed by atoms with Crippen LogP contribution in [0.3, 0.4) is 0 Å². The molecule has 0 bridgehead atoms. The highest BCUT2D eigenvalue weighted by atomic mass is 19.1. The van der Waals surface area contributed by atoms with E-state index in [1.165, 1.54) is 24.3 Å². The van der Waals surface area contributed by atoms with E-state index in [0.29, 0.717) is 11.1 Å². The molecule has 2 atom stereocenters. The van der Waals surface area contributed by atoms with Gasteiger partial charge in [0, 0.05) is 5.39 Å². The van der Waals surface area contributed by atoms with Crippen LogP contribution in [0.15, 0.2) is 59.0 Å². The van der Waals surface area contributed by atoms with Gasteiger partial charge in [0.2, 0.25) is 0 Å². The summed E-state index contributed by atoms with van der Waals surface area (Å²) >= 11 is 0. The monoisotopic (exact) mass is 313 g/mol. The number of carbonyl (C=O) groups excluding carboxylic acids is 1. The summed E-state index contributed by atoms with van der Waals surface area (Å²) in [6, 6.07) is 13.9. The highest BCUT2D eigenvalue weighted by molar-refractivity contribution is 5.96. The second-order valence-corrected chi connectivity index (χ2v) is 5.41. The summed E-state index contributed by atoms with van der Waals surface area (Å²) in [6.07, 6.45) is -0.941. The van der Waals surface area contributed by atoms with Crippen LogP contribution in [-0.2, 0) is 0 Å². The van der Waals surface area contributed by atoms with E-state index in [-0.39, 0.29) is 11.6 Å². The molecule has 118 valence electrons. The third-order valence-corrected chi connectivity index (χ3v) is 3.69. The van der Waals surface area contributed by atoms with Gasteiger partial charge < -0.3 is 14.8 Å². The number of halogens is 1. The van der Waals surface area contributed by atoms with E-state index < -0.39 is 18.1 Å². The maximum absolute atomic E-state index is 12.9. The number of aliphatic hydroxyl groups excluding tert-OH is 1. The van der Waals surface area contributed by atoms with Crippen molar-refractivity contribution in [3.05, 3.63) is 71.7 Å². The largest absolute Gasteiger partial charge is 0.451 e. The summed E-state index contributed by atoms with van der Waals surface area (Å²) in [7, 11) is 0. The molecule has 5 heteroatoms. The topological polar surface area (TPSA) is 62.5 Å². The summed E-state index contributed by atoms with van der Waals surface area (Å²) < 4.78 is 18.4. The molecule has 0 spiro atoms. The summed E-state index contributed by atoms with van der Waals surface area (Å²) in [5, 5.41) is 13.8. The molecule has 0 aliphatic rings. The van der Waals surface area contributed by atoms with E-state index >= 15 is 0 Å². The molecule has 2 N–H and O–H groups in total. The second-order valence-electron chi connectivity index (χ2n) is 5.41. The fourth-order valence-corrected chi connectivity index (χ4v) is 2.40. The van der Waals surface area contributed by atoms with Crippen LogP contribution in [0.1, 0.15) is 29.1 Å². The highest BCUT2D eigenvalue weighted by Gasteiger charge is 2.21. The van der Waals surface area contributed by atoms with Gasteiger partial charge in [0.15, 0.2) is 5.76 Å². The molecule has 2 aromatic carbocycles. The van der Waals surface area contributed by atoms with Crippen LogP contribution in [-0.4, -0.2) is 17.1 Å². The smallest absolute Gasteiger partial charge is 0.287 e. The number of hydrogen-bond donors (Lipinski definition) is 2. The number of nitrogens with one attached hydrogen (secondary N) is 1. The molecule has 0 saturated carbocycles. The Balaban J connectivity index is 1.72. The zero-order valence-electron chi connectivity index (χ0n) is 12.5. The number of rotatable bonds is 4. The van der Waals surface area contributed by atoms with Gasteiger partial charge in [0.1, 0.15) is 11.4 Å². The SMILES string of the molecule is CC(NC(=O)c1cc2ccccc2o1)C(O)c1ccc(F)cc1. The zero-order chi connectivity index (χ0) is 16.4. The summed E-state index contributed by atoms with van der Waals surface area (Å²) in [5.41, 5.74) is 1.16. The van der Waals surface area contributed by atoms with Crippen LogP contribution in [0.4, 0.5) is 4.39 Å². The number of fused-ring (bicyclic) bond motifs is 1. The minimum absolute atomic E-state index is 0.185. The van der Waals surface area contributed by atoms with Gasteiger partial charge in [0.25, 0.3) is 5.91 Å². The van der Waals surface area contributed by atoms with Crippen molar-refractivity contribution < 1.29 is 18.7 Å². The van der Waals surface area contributed by atoms with Crippen LogP contribution >= 0.6 is 0 Å². The van der Waals surface area contributed by atoms with Crippen molar-refractivity contribution >= 4 is 16.9 Å². The first-order valence-corrected chi connectivity index (χ1v) is 7.27. The number of furan rings is 1. The average Bonchev–Trinajstić information content (AvgIpc) is 2.99. The highest BCUT2D eigenvalue weighted by Crippen LogP contribution is 2.20. The Morgan fingerprint density at radius 1 is 1.17 bits per heavy atom. The minimum atomic E-state index is -0.941. The number of aliphatic hydroxyl groups is 1. The van der Waals surface area contributed by atoms with Gasteiger partial charge >= 0.3 is 0 Å². The van der Waals surface area contributed by atoms with E-state index in [4.69, 9.17) is 4.42 Å². The molecular formula is C18H16FNO3. The van der Waals surface area contributed by atoms with Gasteiger partial charge in [-0.2, -0.15) is 0 Å². The maximum atomic E-state index is 12.9. The average molecular weight is 313 g/mol. The van der Waals surface area contributed by atoms with Crippen molar-refractivity contribution in [2.24, 2.45) is 0 Å². The Bertz CT molecular complexity index is 793. The molecule has 0 radical (unpaired) electrons. The van der Waals surface area contributed by atoms with Crippen molar-refractivity contribution in [1.29, 1.82) is 0 Å². The zero-order valence-corrected chi connectivity index (χ0v) is 12.5. The number of amides is 1. The molecule has 1 amide bonds. The van der Waals surface area contributed by atoms with Crippen LogP contribution in [0, 0.1) is 5.82 Å². The van der Waals surface area contributed by atoms with Crippen molar-refractivity contribution in [2.75, 3.05) is 0 Å². The molecule has 1 heterocycles. The van der Waals surface area contributed by atoms with Gasteiger partial charge in [-0.05, 0) is 36.8 Å². The third kappa shape index (κ3) is 3.24. The maximum Gasteiger partial charge on any atom is 0.287 e. The van der Waals surface area contributed by atoms with Gasteiger partial charge in [-0.15, -0.1) is 0 Å². The van der Waals surface area contributed by atoms with Crippen LogP contribution in [0.2, 0.25) is 0 Å². The van der Waals surface area contributed by atoms with Crippen LogP contribution < -0.4 is 5.32 Å². The van der Waals surface area contributed by atoms with E-state index in [2.05, 4.69) is 5.32 Å². The molecule has 1 aromatic heterocycles. The van der Waals surface area contributed by atoms with E-state index in [9.17, 15) is 14.3 Å². The lowest BCUT2D eigenvalue weighted by Crippen LogP contribution is -2.36. The number of para-hydroxylation sites is 1. The molecule has 0 aliphatic heterocycles. The van der Waals surface area contributed by atoms with E-state index in [1.807, 2.05) is 18.2 Å². The molecule has 0 saturated heterocycles. The first-order chi connectivity index (χ1) is 11.0. The van der Waals surface area contributed by atoms with Gasteiger partial charge in [-0.25, -0.2) is 4.39 Å². The third-order valence-electron chi connectivity index (χ3n) is 3.69. The lowest BCUT2D eigenvalue weighted by molar-refractivity contribution is 0.0828. The predicted molar refractivity (Wildman–Crippen MR) is 84.5 cm³/mol. The van der Waals surface area contributed by atoms with Gasteiger partial charge in [0.05, 0.1) is 12.1 Å². The molecule has 3 aromatic rings. The Labute approximate surface area is 132 Å². The van der Waals surface area contributed by atoms with E-state index in [1.54, 1.807) is 19.1 Å². The van der Waals surface area contributed by atoms with Gasteiger partial charge in [-0.3, -0.25) is 4.79 Å². The Hall–Kier alpha value is -2.66. The standard InChI is InChI=1S/C18H16FNO3/c1-11(17(21)12-6-8-14(19)9-7-12)20-18(22)16-10-13-4-2-3-5-15(13)23-16/h2-11,17,21H,1H3,(H,20,22). The molecule has 23 heavy (non-hydrogen) atoms. The van der Waals surface area contributed by atoms with Crippen molar-refractivity contribution in [2.45, 2.75) is 19.1 Å². The number of benzene rings is 2. The van der Waals surface area contributed by atoms with Crippen LogP contribution in [0.5, 0.6) is 0 Å². The van der Waals surface area contributed by atoms with Crippen LogP contribution in [0.25, 0.3) is 11.0 Å². The van der Waals surface area contributed by atoms with Crippen molar-refractivity contribution in [1.82, 2.24) is 5.32 Å². The molecule has 4 nitrogen and oxygen atoms in total. The minimum Gasteiger partial charge on any atom is -0.451 e. The first kappa shape index (κ1) is 15.2. The Kier molecular flexibility index (Phi) is 4.12. The molecule has 2 unspecified atom stereocenters. The molecule has 0 aliphatic carbocycles. The van der Waals surface area contributed by atoms with E-state index in [0.717, 1.165) is 5.39 Å². The lowest BCUT2D eigenvalue weighted by Gasteiger charge is -2.20. The molecular weight excluding hydrogens is 297 g/mol. The fraction of sp³-hybridized carbons (Fsp3) is 0.167. The normalized spacial score (nSPS) is 13.7. The molecule has 0 fully saturated rings. The van der Waals surface area contributed by atoms with Gasteiger partial charge in [-0.1, -0.05) is 30.3 Å². The Morgan fingerprint density at radius 2 is 1.87 bits per heavy atom. The summed E-state index contributed by atoms with van der Waals surface area (Å²) in [5.74, 6) is -0.598. The lowest BCUT2D eigenvalue weighted by atomic mass is 10.0. The Morgan fingerprint density at radius 3 is 2.57 bits per heavy atom. The second kappa shape index (κ2) is 6.22. The summed E-state index contributed by atoms with van der Waals surface area (Å²) in [6.45, 7) is 1.68. The number of carbonyl (C=O) groups is 1. The van der Waals surface area contributed by atoms with Crippen molar-refractivity contribution in [3.63, 3.8) is 0 Å². The fourth-order valence-electron chi connectivity index (χ4n) is 2.40. The quantitative estimate of drug-likeness (QED) is 0.776.